The Hall–Kier alpha value is -1.46. The first-order valence-electron chi connectivity index (χ1n) is 7.54. The lowest BCUT2D eigenvalue weighted by Gasteiger charge is -2.27. The Morgan fingerprint density at radius 1 is 1.36 bits per heavy atom. The number of halogens is 2. The monoisotopic (exact) mass is 323 g/mol. The van der Waals surface area contributed by atoms with Gasteiger partial charge in [-0.1, -0.05) is 28.9 Å². The van der Waals surface area contributed by atoms with Crippen LogP contribution in [0.3, 0.4) is 0 Å². The summed E-state index contributed by atoms with van der Waals surface area (Å²) >= 11 is 5.95. The lowest BCUT2D eigenvalue weighted by Crippen LogP contribution is -2.30. The maximum atomic E-state index is 13.4. The molecule has 0 bridgehead atoms. The molecule has 0 unspecified atom stereocenters. The van der Waals surface area contributed by atoms with Gasteiger partial charge in [-0.25, -0.2) is 4.39 Å². The van der Waals surface area contributed by atoms with Crippen molar-refractivity contribution in [2.45, 2.75) is 25.7 Å². The fourth-order valence-electron chi connectivity index (χ4n) is 2.81. The van der Waals surface area contributed by atoms with Gasteiger partial charge in [-0.05, 0) is 50.5 Å². The molecular formula is C16H19ClFN3O. The van der Waals surface area contributed by atoms with Crippen molar-refractivity contribution >= 4 is 11.6 Å². The minimum Gasteiger partial charge on any atom is -0.339 e. The predicted molar refractivity (Wildman–Crippen MR) is 82.4 cm³/mol. The van der Waals surface area contributed by atoms with Crippen molar-refractivity contribution in [1.82, 2.24) is 15.0 Å². The van der Waals surface area contributed by atoms with Gasteiger partial charge in [0.15, 0.2) is 5.82 Å². The van der Waals surface area contributed by atoms with E-state index in [-0.39, 0.29) is 5.02 Å². The van der Waals surface area contributed by atoms with Crippen LogP contribution in [0.5, 0.6) is 0 Å². The van der Waals surface area contributed by atoms with Gasteiger partial charge in [-0.2, -0.15) is 4.98 Å². The van der Waals surface area contributed by atoms with Crippen LogP contribution in [0.1, 0.15) is 30.1 Å². The van der Waals surface area contributed by atoms with E-state index in [1.54, 1.807) is 12.1 Å². The van der Waals surface area contributed by atoms with Gasteiger partial charge in [0.1, 0.15) is 5.82 Å². The van der Waals surface area contributed by atoms with Gasteiger partial charge in [0, 0.05) is 12.8 Å². The summed E-state index contributed by atoms with van der Waals surface area (Å²) in [6.07, 6.45) is 3.51. The number of nitrogens with zero attached hydrogens (tertiary/aromatic N) is 3. The molecule has 2 aromatic rings. The summed E-state index contributed by atoms with van der Waals surface area (Å²) in [6.45, 7) is 2.23. The molecule has 0 spiro atoms. The molecule has 118 valence electrons. The fourth-order valence-corrected chi connectivity index (χ4v) is 3.01. The van der Waals surface area contributed by atoms with Crippen molar-refractivity contribution in [1.29, 1.82) is 0 Å². The van der Waals surface area contributed by atoms with Gasteiger partial charge in [0.25, 0.3) is 0 Å². The van der Waals surface area contributed by atoms with Crippen molar-refractivity contribution in [3.05, 3.63) is 46.3 Å². The summed E-state index contributed by atoms with van der Waals surface area (Å²) in [6, 6.07) is 4.75. The van der Waals surface area contributed by atoms with E-state index in [1.807, 2.05) is 0 Å². The molecule has 1 fully saturated rings. The summed E-state index contributed by atoms with van der Waals surface area (Å²) in [5.74, 6) is 1.39. The fraction of sp³-hybridized carbons (Fsp3) is 0.500. The van der Waals surface area contributed by atoms with Crippen LogP contribution in [0.2, 0.25) is 5.02 Å². The second kappa shape index (κ2) is 6.75. The number of rotatable bonds is 4. The lowest BCUT2D eigenvalue weighted by molar-refractivity contribution is 0.208. The van der Waals surface area contributed by atoms with Crippen LogP contribution in [0.15, 0.2) is 22.7 Å². The zero-order valence-electron chi connectivity index (χ0n) is 12.6. The number of likely N-dealkylation sites (tertiary alicyclic amines) is 1. The molecule has 0 saturated carbocycles. The van der Waals surface area contributed by atoms with Gasteiger partial charge in [0.05, 0.1) is 5.02 Å². The quantitative estimate of drug-likeness (QED) is 0.865. The predicted octanol–water partition coefficient (Wildman–Crippen LogP) is 3.34. The van der Waals surface area contributed by atoms with Crippen molar-refractivity contribution < 1.29 is 8.91 Å². The molecule has 4 nitrogen and oxygen atoms in total. The van der Waals surface area contributed by atoms with Gasteiger partial charge in [-0.3, -0.25) is 0 Å². The highest BCUT2D eigenvalue weighted by atomic mass is 35.5. The zero-order chi connectivity index (χ0) is 15.5. The molecule has 6 heteroatoms. The Bertz CT molecular complexity index is 638. The maximum Gasteiger partial charge on any atom is 0.226 e. The Labute approximate surface area is 134 Å². The minimum absolute atomic E-state index is 0.129. The van der Waals surface area contributed by atoms with Crippen LogP contribution in [-0.2, 0) is 12.8 Å². The van der Waals surface area contributed by atoms with E-state index in [9.17, 15) is 4.39 Å². The maximum absolute atomic E-state index is 13.4. The van der Waals surface area contributed by atoms with Gasteiger partial charge in [-0.15, -0.1) is 0 Å². The Morgan fingerprint density at radius 3 is 2.91 bits per heavy atom. The SMILES string of the molecule is CN1CCC(Cc2nc(Cc3cccc(F)c3Cl)no2)CC1. The van der Waals surface area contributed by atoms with Crippen LogP contribution in [-0.4, -0.2) is 35.2 Å². The summed E-state index contributed by atoms with van der Waals surface area (Å²) < 4.78 is 18.8. The number of aromatic nitrogens is 2. The van der Waals surface area contributed by atoms with Crippen molar-refractivity contribution in [2.24, 2.45) is 5.92 Å². The van der Waals surface area contributed by atoms with Crippen molar-refractivity contribution in [3.8, 4) is 0 Å². The number of piperidine rings is 1. The highest BCUT2D eigenvalue weighted by molar-refractivity contribution is 6.31. The Kier molecular flexibility index (Phi) is 4.74. The highest BCUT2D eigenvalue weighted by Gasteiger charge is 2.20. The number of benzene rings is 1. The molecule has 1 aromatic heterocycles. The minimum atomic E-state index is -0.422. The van der Waals surface area contributed by atoms with Crippen LogP contribution < -0.4 is 0 Å². The van der Waals surface area contributed by atoms with Crippen LogP contribution in [0.25, 0.3) is 0 Å². The van der Waals surface area contributed by atoms with Crippen molar-refractivity contribution in [3.63, 3.8) is 0 Å². The standard InChI is InChI=1S/C16H19ClFN3O/c1-21-7-5-11(6-8-21)9-15-19-14(20-22-15)10-12-3-2-4-13(18)16(12)17/h2-4,11H,5-10H2,1H3. The highest BCUT2D eigenvalue weighted by Crippen LogP contribution is 2.23. The Balaban J connectivity index is 1.62. The molecule has 0 N–H and O–H groups in total. The normalized spacial score (nSPS) is 17.0. The topological polar surface area (TPSA) is 42.2 Å². The molecule has 0 radical (unpaired) electrons. The first-order valence-corrected chi connectivity index (χ1v) is 7.92. The third-order valence-corrected chi connectivity index (χ3v) is 4.61. The molecule has 1 aliphatic heterocycles. The lowest BCUT2D eigenvalue weighted by atomic mass is 9.94. The third kappa shape index (κ3) is 3.65. The molecule has 0 atom stereocenters. The molecule has 2 heterocycles. The molecule has 0 amide bonds. The van der Waals surface area contributed by atoms with E-state index in [1.165, 1.54) is 6.07 Å². The largest absolute Gasteiger partial charge is 0.339 e. The van der Waals surface area contributed by atoms with Crippen LogP contribution in [0, 0.1) is 11.7 Å². The van der Waals surface area contributed by atoms with E-state index in [2.05, 4.69) is 22.1 Å². The second-order valence-corrected chi connectivity index (χ2v) is 6.32. The number of hydrogen-bond donors (Lipinski definition) is 0. The summed E-state index contributed by atoms with van der Waals surface area (Å²) in [5.41, 5.74) is 0.674. The Morgan fingerprint density at radius 2 is 2.14 bits per heavy atom. The van der Waals surface area contributed by atoms with Gasteiger partial charge >= 0.3 is 0 Å². The van der Waals surface area contributed by atoms with E-state index in [4.69, 9.17) is 16.1 Å². The summed E-state index contributed by atoms with van der Waals surface area (Å²) in [5, 5.41) is 4.11. The first-order chi connectivity index (χ1) is 10.6. The van der Waals surface area contributed by atoms with E-state index in [0.29, 0.717) is 29.6 Å². The van der Waals surface area contributed by atoms with Crippen molar-refractivity contribution in [2.75, 3.05) is 20.1 Å². The summed E-state index contributed by atoms with van der Waals surface area (Å²) in [4.78, 5) is 6.75. The first kappa shape index (κ1) is 15.4. The second-order valence-electron chi connectivity index (χ2n) is 5.94. The van der Waals surface area contributed by atoms with Crippen LogP contribution in [0.4, 0.5) is 4.39 Å². The molecular weight excluding hydrogens is 305 g/mol. The smallest absolute Gasteiger partial charge is 0.226 e. The van der Waals surface area contributed by atoms with Crippen LogP contribution >= 0.6 is 11.6 Å². The summed E-state index contributed by atoms with van der Waals surface area (Å²) in [7, 11) is 2.14. The van der Waals surface area contributed by atoms with E-state index >= 15 is 0 Å². The molecule has 3 rings (SSSR count). The molecule has 22 heavy (non-hydrogen) atoms. The zero-order valence-corrected chi connectivity index (χ0v) is 13.3. The van der Waals surface area contributed by atoms with E-state index < -0.39 is 5.82 Å². The molecule has 1 saturated heterocycles. The van der Waals surface area contributed by atoms with E-state index in [0.717, 1.165) is 32.4 Å². The average molecular weight is 324 g/mol. The van der Waals surface area contributed by atoms with Gasteiger partial charge < -0.3 is 9.42 Å². The van der Waals surface area contributed by atoms with Gasteiger partial charge in [0.2, 0.25) is 5.89 Å². The molecule has 1 aromatic carbocycles. The molecule has 1 aliphatic rings. The molecule has 0 aliphatic carbocycles. The average Bonchev–Trinajstić information content (AvgIpc) is 2.94. The third-order valence-electron chi connectivity index (χ3n) is 4.19. The number of hydrogen-bond acceptors (Lipinski definition) is 4.